The first-order chi connectivity index (χ1) is 18.3. The minimum Gasteiger partial charge on any atom is -0.466 e. The van der Waals surface area contributed by atoms with Crippen molar-refractivity contribution in [1.82, 2.24) is 0 Å². The Morgan fingerprint density at radius 3 is 2.44 bits per heavy atom. The Morgan fingerprint density at radius 2 is 1.82 bits per heavy atom. The molecule has 1 aromatic rings. The first-order valence-corrected chi connectivity index (χ1v) is 14.0. The van der Waals surface area contributed by atoms with Crippen LogP contribution in [0.2, 0.25) is 0 Å². The number of esters is 2. The smallest absolute Gasteiger partial charge is 0.351 e. The van der Waals surface area contributed by atoms with Crippen LogP contribution in [-0.4, -0.2) is 52.7 Å². The third-order valence-electron chi connectivity index (χ3n) is 10.5. The minimum absolute atomic E-state index is 0.0141. The topological polar surface area (TPSA) is 89.9 Å². The van der Waals surface area contributed by atoms with Crippen molar-refractivity contribution in [3.63, 3.8) is 0 Å². The molecule has 0 heterocycles. The number of aryl methyl sites for hydroxylation is 1. The number of aliphatic hydroxyl groups excluding tert-OH is 1. The highest BCUT2D eigenvalue weighted by Crippen LogP contribution is 2.72. The van der Waals surface area contributed by atoms with Gasteiger partial charge in [0.05, 0.1) is 23.7 Å². The number of rotatable bonds is 4. The number of allylic oxidation sites excluding steroid dienone is 4. The minimum atomic E-state index is -1.71. The summed E-state index contributed by atoms with van der Waals surface area (Å²) in [5.41, 5.74) is -2.28. The number of ether oxygens (including phenoxy) is 2. The van der Waals surface area contributed by atoms with Gasteiger partial charge in [-0.2, -0.15) is 0 Å². The summed E-state index contributed by atoms with van der Waals surface area (Å²) in [4.78, 5) is 38.0. The third-order valence-corrected chi connectivity index (χ3v) is 11.4. The summed E-state index contributed by atoms with van der Waals surface area (Å²) in [6, 6.07) is 7.03. The molecule has 0 saturated heterocycles. The van der Waals surface area contributed by atoms with Gasteiger partial charge in [0.2, 0.25) is 5.60 Å². The highest BCUT2D eigenvalue weighted by atomic mass is 35.5. The van der Waals surface area contributed by atoms with Crippen molar-refractivity contribution >= 4 is 29.3 Å². The zero-order valence-corrected chi connectivity index (χ0v) is 23.8. The van der Waals surface area contributed by atoms with E-state index in [0.717, 1.165) is 12.0 Å². The lowest BCUT2D eigenvalue weighted by molar-refractivity contribution is -0.199. The summed E-state index contributed by atoms with van der Waals surface area (Å²) in [5.74, 6) is -3.10. The molecule has 0 amide bonds. The van der Waals surface area contributed by atoms with Crippen molar-refractivity contribution in [3.05, 3.63) is 59.2 Å². The Hall–Kier alpha value is -2.51. The molecule has 39 heavy (non-hydrogen) atoms. The van der Waals surface area contributed by atoms with Gasteiger partial charge >= 0.3 is 11.9 Å². The normalized spacial score (nSPS) is 42.6. The first kappa shape index (κ1) is 28.0. The molecule has 210 valence electrons. The molecule has 8 heteroatoms. The lowest BCUT2D eigenvalue weighted by Gasteiger charge is -2.64. The zero-order chi connectivity index (χ0) is 28.5. The van der Waals surface area contributed by atoms with E-state index in [9.17, 15) is 19.5 Å². The molecule has 0 spiro atoms. The number of benzene rings is 1. The molecule has 4 aliphatic rings. The standard InChI is InChI=1S/C31H36ClFO6/c1-6-18-7-9-19(10-8-18)26(36)39-31(27(37)38-5)17(2)13-21-22-15-24(33)23-14-20(34)11-12-28(23,3)30(22,32)25(35)16-29(21,31)4/h7-12,14,17,21-22,24-25,35H,6,13,15-16H2,1-5H3/t17-,21?,22?,24-,25-,28-,29-,30-,31-/m0/s1. The summed E-state index contributed by atoms with van der Waals surface area (Å²) in [6.07, 6.45) is 2.91. The number of ketones is 1. The lowest BCUT2D eigenvalue weighted by atomic mass is 9.45. The third kappa shape index (κ3) is 3.58. The van der Waals surface area contributed by atoms with E-state index in [0.29, 0.717) is 12.0 Å². The predicted octanol–water partition coefficient (Wildman–Crippen LogP) is 5.15. The molecule has 0 radical (unpaired) electrons. The van der Waals surface area contributed by atoms with Gasteiger partial charge in [-0.05, 0) is 72.9 Å². The van der Waals surface area contributed by atoms with Gasteiger partial charge in [0.15, 0.2) is 5.78 Å². The summed E-state index contributed by atoms with van der Waals surface area (Å²) in [5, 5.41) is 11.8. The van der Waals surface area contributed by atoms with Gasteiger partial charge in [0.1, 0.15) is 6.17 Å². The van der Waals surface area contributed by atoms with Crippen LogP contribution in [0.4, 0.5) is 4.39 Å². The number of alkyl halides is 2. The van der Waals surface area contributed by atoms with Crippen LogP contribution in [0.3, 0.4) is 0 Å². The second-order valence-electron chi connectivity index (χ2n) is 12.2. The highest BCUT2D eigenvalue weighted by Gasteiger charge is 2.78. The zero-order valence-electron chi connectivity index (χ0n) is 23.0. The second kappa shape index (κ2) is 9.27. The maximum atomic E-state index is 15.8. The number of carbonyl (C=O) groups is 3. The van der Waals surface area contributed by atoms with Crippen LogP contribution in [0, 0.1) is 28.6 Å². The molecular formula is C31H36ClFO6. The molecule has 6 nitrogen and oxygen atoms in total. The van der Waals surface area contributed by atoms with Crippen molar-refractivity contribution in [1.29, 1.82) is 0 Å². The Labute approximate surface area is 233 Å². The summed E-state index contributed by atoms with van der Waals surface area (Å²) < 4.78 is 27.3. The fourth-order valence-electron chi connectivity index (χ4n) is 8.45. The van der Waals surface area contributed by atoms with Crippen LogP contribution in [0.15, 0.2) is 48.1 Å². The molecule has 0 aromatic heterocycles. The van der Waals surface area contributed by atoms with E-state index in [1.165, 1.54) is 19.3 Å². The Bertz CT molecular complexity index is 1270. The van der Waals surface area contributed by atoms with Gasteiger partial charge < -0.3 is 14.6 Å². The largest absolute Gasteiger partial charge is 0.466 e. The number of fused-ring (bicyclic) bond motifs is 5. The number of hydrogen-bond acceptors (Lipinski definition) is 6. The Morgan fingerprint density at radius 1 is 1.15 bits per heavy atom. The molecule has 1 aromatic carbocycles. The van der Waals surface area contributed by atoms with Gasteiger partial charge in [-0.15, -0.1) is 11.6 Å². The van der Waals surface area contributed by atoms with Crippen LogP contribution in [-0.2, 0) is 25.5 Å². The van der Waals surface area contributed by atoms with Crippen molar-refractivity contribution in [3.8, 4) is 0 Å². The van der Waals surface area contributed by atoms with Gasteiger partial charge in [-0.1, -0.05) is 45.9 Å². The molecule has 9 atom stereocenters. The molecule has 2 unspecified atom stereocenters. The molecule has 0 bridgehead atoms. The van der Waals surface area contributed by atoms with Gasteiger partial charge in [-0.25, -0.2) is 14.0 Å². The Kier molecular flexibility index (Phi) is 6.66. The lowest BCUT2D eigenvalue weighted by Crippen LogP contribution is -2.70. The van der Waals surface area contributed by atoms with E-state index in [1.807, 2.05) is 32.9 Å². The predicted molar refractivity (Wildman–Crippen MR) is 144 cm³/mol. The molecule has 3 fully saturated rings. The number of carbonyl (C=O) groups excluding carboxylic acids is 3. The van der Waals surface area contributed by atoms with E-state index >= 15 is 4.39 Å². The summed E-state index contributed by atoms with van der Waals surface area (Å²) in [7, 11) is 1.25. The highest BCUT2D eigenvalue weighted by molar-refractivity contribution is 6.26. The van der Waals surface area contributed by atoms with E-state index in [-0.39, 0.29) is 30.1 Å². The molecule has 5 rings (SSSR count). The van der Waals surface area contributed by atoms with Crippen molar-refractivity contribution < 1.29 is 33.4 Å². The summed E-state index contributed by atoms with van der Waals surface area (Å²) in [6.45, 7) is 7.44. The molecule has 4 aliphatic carbocycles. The maximum absolute atomic E-state index is 15.8. The SMILES string of the molecule is CCc1ccc(C(=O)O[C@]2(C(=O)OC)[C@@H](C)CC3C4C[C@H](F)C5=CC(=O)C=C[C@]5(C)[C@@]4(Cl)[C@@H](O)C[C@@]32C)cc1. The van der Waals surface area contributed by atoms with Crippen LogP contribution in [0.1, 0.15) is 62.9 Å². The van der Waals surface area contributed by atoms with E-state index < -0.39 is 57.4 Å². The van der Waals surface area contributed by atoms with Crippen molar-refractivity contribution in [2.24, 2.45) is 28.6 Å². The van der Waals surface area contributed by atoms with Gasteiger partial charge in [0, 0.05) is 16.7 Å². The first-order valence-electron chi connectivity index (χ1n) is 13.7. The number of hydrogen-bond donors (Lipinski definition) is 1. The molecule has 3 saturated carbocycles. The molecule has 1 N–H and O–H groups in total. The molecular weight excluding hydrogens is 523 g/mol. The van der Waals surface area contributed by atoms with Gasteiger partial charge in [0.25, 0.3) is 0 Å². The number of methoxy groups -OCH3 is 1. The number of aliphatic hydroxyl groups is 1. The summed E-state index contributed by atoms with van der Waals surface area (Å²) >= 11 is 7.42. The maximum Gasteiger partial charge on any atom is 0.351 e. The Balaban J connectivity index is 1.60. The van der Waals surface area contributed by atoms with E-state index in [1.54, 1.807) is 25.1 Å². The fraction of sp³-hybridized carbons (Fsp3) is 0.581. The van der Waals surface area contributed by atoms with Crippen LogP contribution >= 0.6 is 11.6 Å². The fourth-order valence-corrected chi connectivity index (χ4v) is 8.94. The van der Waals surface area contributed by atoms with E-state index in [4.69, 9.17) is 21.1 Å². The van der Waals surface area contributed by atoms with E-state index in [2.05, 4.69) is 0 Å². The monoisotopic (exact) mass is 558 g/mol. The van der Waals surface area contributed by atoms with Gasteiger partial charge in [-0.3, -0.25) is 4.79 Å². The van der Waals surface area contributed by atoms with Crippen molar-refractivity contribution in [2.45, 2.75) is 76.1 Å². The van der Waals surface area contributed by atoms with Crippen molar-refractivity contribution in [2.75, 3.05) is 7.11 Å². The van der Waals surface area contributed by atoms with Crippen LogP contribution in [0.5, 0.6) is 0 Å². The molecule has 0 aliphatic heterocycles. The average Bonchev–Trinajstić information content (AvgIpc) is 3.13. The number of halogens is 2. The quantitative estimate of drug-likeness (QED) is 0.406. The van der Waals surface area contributed by atoms with Crippen LogP contribution in [0.25, 0.3) is 0 Å². The average molecular weight is 559 g/mol. The van der Waals surface area contributed by atoms with Crippen LogP contribution < -0.4 is 0 Å². The second-order valence-corrected chi connectivity index (χ2v) is 12.8.